The quantitative estimate of drug-likeness (QED) is 0.744. The van der Waals surface area contributed by atoms with Crippen molar-refractivity contribution in [3.05, 3.63) is 60.2 Å². The predicted octanol–water partition coefficient (Wildman–Crippen LogP) is 4.62. The second-order valence-electron chi connectivity index (χ2n) is 7.26. The van der Waals surface area contributed by atoms with Crippen molar-refractivity contribution in [3.8, 4) is 11.1 Å². The Morgan fingerprint density at radius 1 is 1.11 bits per heavy atom. The fraction of sp³-hybridized carbons (Fsp3) is 0.364. The second kappa shape index (κ2) is 8.27. The van der Waals surface area contributed by atoms with Gasteiger partial charge in [-0.25, -0.2) is 9.59 Å². The zero-order chi connectivity index (χ0) is 20.3. The van der Waals surface area contributed by atoms with Crippen LogP contribution in [0.5, 0.6) is 0 Å². The summed E-state index contributed by atoms with van der Waals surface area (Å²) in [5.74, 6) is -0.505. The van der Waals surface area contributed by atoms with E-state index in [1.165, 1.54) is 12.0 Å². The Kier molecular flexibility index (Phi) is 5.98. The van der Waals surface area contributed by atoms with E-state index in [9.17, 15) is 14.7 Å². The summed E-state index contributed by atoms with van der Waals surface area (Å²) in [7, 11) is 1.30. The minimum absolute atomic E-state index is 0.260. The molecule has 0 radical (unpaired) electrons. The highest BCUT2D eigenvalue weighted by Gasteiger charge is 2.51. The fourth-order valence-corrected chi connectivity index (χ4v) is 5.47. The molecule has 1 aliphatic heterocycles. The molecule has 0 aliphatic carbocycles. The summed E-state index contributed by atoms with van der Waals surface area (Å²) in [5, 5.41) is 9.92. The van der Waals surface area contributed by atoms with E-state index in [0.717, 1.165) is 16.7 Å². The van der Waals surface area contributed by atoms with Crippen LogP contribution in [-0.2, 0) is 14.3 Å². The molecule has 5 nitrogen and oxygen atoms in total. The number of ether oxygens (including phenoxy) is 1. The van der Waals surface area contributed by atoms with E-state index in [1.54, 1.807) is 11.8 Å². The molecular formula is C22H25NO4S. The summed E-state index contributed by atoms with van der Waals surface area (Å²) >= 11 is 1.70. The van der Waals surface area contributed by atoms with Crippen molar-refractivity contribution in [2.45, 2.75) is 36.3 Å². The van der Waals surface area contributed by atoms with Gasteiger partial charge in [-0.05, 0) is 28.4 Å². The largest absolute Gasteiger partial charge is 0.467 e. The normalized spacial score (nSPS) is 21.7. The third kappa shape index (κ3) is 4.02. The lowest BCUT2D eigenvalue weighted by molar-refractivity contribution is -0.145. The van der Waals surface area contributed by atoms with Crippen molar-refractivity contribution in [2.75, 3.05) is 13.7 Å². The van der Waals surface area contributed by atoms with Gasteiger partial charge in [0.15, 0.2) is 0 Å². The summed E-state index contributed by atoms with van der Waals surface area (Å²) in [6.45, 7) is 4.43. The van der Waals surface area contributed by atoms with Gasteiger partial charge in [-0.2, -0.15) is 0 Å². The van der Waals surface area contributed by atoms with Crippen LogP contribution in [-0.4, -0.2) is 47.0 Å². The molecule has 0 spiro atoms. The van der Waals surface area contributed by atoms with Gasteiger partial charge in [0.25, 0.3) is 0 Å². The third-order valence-electron chi connectivity index (χ3n) is 5.02. The highest BCUT2D eigenvalue weighted by molar-refractivity contribution is 8.00. The van der Waals surface area contributed by atoms with Crippen LogP contribution < -0.4 is 0 Å². The molecule has 1 saturated heterocycles. The van der Waals surface area contributed by atoms with Crippen LogP contribution in [0.1, 0.15) is 25.8 Å². The van der Waals surface area contributed by atoms with E-state index in [2.05, 4.69) is 50.2 Å². The molecule has 1 amide bonds. The highest BCUT2D eigenvalue weighted by Crippen LogP contribution is 2.49. The molecule has 2 unspecified atom stereocenters. The monoisotopic (exact) mass is 399 g/mol. The van der Waals surface area contributed by atoms with Gasteiger partial charge in [0.1, 0.15) is 6.04 Å². The molecule has 2 aromatic carbocycles. The summed E-state index contributed by atoms with van der Waals surface area (Å²) in [6, 6.07) is 17.5. The number of carboxylic acid groups (broad SMARTS) is 1. The lowest BCUT2D eigenvalue weighted by atomic mass is 9.93. The van der Waals surface area contributed by atoms with Gasteiger partial charge in [-0.15, -0.1) is 11.8 Å². The third-order valence-corrected chi connectivity index (χ3v) is 6.48. The molecular weight excluding hydrogens is 374 g/mol. The first-order chi connectivity index (χ1) is 13.4. The van der Waals surface area contributed by atoms with Gasteiger partial charge in [-0.1, -0.05) is 68.4 Å². The van der Waals surface area contributed by atoms with E-state index in [1.807, 2.05) is 18.2 Å². The second-order valence-corrected chi connectivity index (χ2v) is 9.22. The summed E-state index contributed by atoms with van der Waals surface area (Å²) < 4.78 is 4.39. The summed E-state index contributed by atoms with van der Waals surface area (Å²) in [4.78, 5) is 25.2. The summed E-state index contributed by atoms with van der Waals surface area (Å²) in [5.41, 5.74) is 3.26. The van der Waals surface area contributed by atoms with Crippen molar-refractivity contribution in [3.63, 3.8) is 0 Å². The average Bonchev–Trinajstić information content (AvgIpc) is 3.08. The van der Waals surface area contributed by atoms with Crippen LogP contribution in [0.25, 0.3) is 11.1 Å². The lowest BCUT2D eigenvalue weighted by Crippen LogP contribution is -2.40. The molecule has 1 heterocycles. The molecule has 1 N–H and O–H groups in total. The van der Waals surface area contributed by atoms with Crippen LogP contribution in [0.4, 0.5) is 4.79 Å². The van der Waals surface area contributed by atoms with E-state index < -0.39 is 22.9 Å². The van der Waals surface area contributed by atoms with Gasteiger partial charge >= 0.3 is 12.1 Å². The number of nitrogens with zero attached hydrogens (tertiary/aromatic N) is 1. The number of hydrogen-bond acceptors (Lipinski definition) is 4. The first-order valence-electron chi connectivity index (χ1n) is 9.27. The first kappa shape index (κ1) is 20.3. The maximum absolute atomic E-state index is 12.2. The highest BCUT2D eigenvalue weighted by atomic mass is 32.2. The van der Waals surface area contributed by atoms with Crippen molar-refractivity contribution >= 4 is 23.8 Å². The number of benzene rings is 2. The van der Waals surface area contributed by atoms with Gasteiger partial charge in [0.05, 0.1) is 11.9 Å². The zero-order valence-corrected chi connectivity index (χ0v) is 17.1. The fourth-order valence-electron chi connectivity index (χ4n) is 3.83. The summed E-state index contributed by atoms with van der Waals surface area (Å²) in [6.07, 6.45) is -0.693. The molecule has 0 saturated carbocycles. The molecule has 3 rings (SSSR count). The number of hydrogen-bond donors (Lipinski definition) is 1. The number of amides is 1. The van der Waals surface area contributed by atoms with E-state index in [0.29, 0.717) is 6.42 Å². The van der Waals surface area contributed by atoms with Crippen LogP contribution in [0.3, 0.4) is 0 Å². The molecule has 28 heavy (non-hydrogen) atoms. The number of methoxy groups -OCH3 is 1. The molecule has 0 aromatic heterocycles. The molecule has 1 fully saturated rings. The van der Waals surface area contributed by atoms with Gasteiger partial charge in [0.2, 0.25) is 0 Å². The number of carbonyl (C=O) groups excluding carboxylic acids is 1. The number of thioether (sulfide) groups is 1. The van der Waals surface area contributed by atoms with Gasteiger partial charge in [0, 0.05) is 6.54 Å². The van der Waals surface area contributed by atoms with Crippen molar-refractivity contribution < 1.29 is 19.4 Å². The van der Waals surface area contributed by atoms with Gasteiger partial charge < -0.3 is 9.84 Å². The Morgan fingerprint density at radius 3 is 2.25 bits per heavy atom. The number of likely N-dealkylation sites (tertiary alicyclic amines) is 1. The minimum atomic E-state index is -1.09. The van der Waals surface area contributed by atoms with Crippen LogP contribution in [0, 0.1) is 0 Å². The van der Waals surface area contributed by atoms with Crippen LogP contribution in [0.15, 0.2) is 54.6 Å². The minimum Gasteiger partial charge on any atom is -0.467 e. The SMILES string of the molecule is COC(=O)C1CC(SC(C)C)(c2ccc(-c3ccccc3)cc2)CN1C(=O)O. The van der Waals surface area contributed by atoms with Crippen molar-refractivity contribution in [1.29, 1.82) is 0 Å². The average molecular weight is 400 g/mol. The predicted molar refractivity (Wildman–Crippen MR) is 111 cm³/mol. The Hall–Kier alpha value is -2.47. The van der Waals surface area contributed by atoms with Crippen molar-refractivity contribution in [1.82, 2.24) is 4.90 Å². The molecule has 6 heteroatoms. The Balaban J connectivity index is 1.98. The number of rotatable bonds is 5. The van der Waals surface area contributed by atoms with Crippen LogP contribution >= 0.6 is 11.8 Å². The first-order valence-corrected chi connectivity index (χ1v) is 10.2. The molecule has 2 atom stereocenters. The molecule has 1 aliphatic rings. The molecule has 2 aromatic rings. The topological polar surface area (TPSA) is 66.8 Å². The van der Waals surface area contributed by atoms with Gasteiger partial charge in [-0.3, -0.25) is 4.90 Å². The Bertz CT molecular complexity index is 837. The standard InChI is InChI=1S/C22H25NO4S/c1-15(2)28-22(13-19(20(24)27-3)23(14-22)21(25)26)18-11-9-17(10-12-18)16-7-5-4-6-8-16/h4-12,15,19H,13-14H2,1-3H3,(H,25,26). The lowest BCUT2D eigenvalue weighted by Gasteiger charge is -2.31. The zero-order valence-electron chi connectivity index (χ0n) is 16.3. The maximum atomic E-state index is 12.2. The smallest absolute Gasteiger partial charge is 0.408 e. The van der Waals surface area contributed by atoms with E-state index >= 15 is 0 Å². The van der Waals surface area contributed by atoms with Crippen molar-refractivity contribution in [2.24, 2.45) is 0 Å². The van der Waals surface area contributed by atoms with Crippen LogP contribution in [0.2, 0.25) is 0 Å². The Labute approximate surface area is 169 Å². The maximum Gasteiger partial charge on any atom is 0.408 e. The number of carbonyl (C=O) groups is 2. The molecule has 148 valence electrons. The van der Waals surface area contributed by atoms with E-state index in [-0.39, 0.29) is 11.8 Å². The van der Waals surface area contributed by atoms with E-state index in [4.69, 9.17) is 4.74 Å². The molecule has 0 bridgehead atoms. The number of esters is 1. The Morgan fingerprint density at radius 2 is 1.71 bits per heavy atom.